The van der Waals surface area contributed by atoms with Crippen LogP contribution in [-0.2, 0) is 25.5 Å². The van der Waals surface area contributed by atoms with Gasteiger partial charge in [0.25, 0.3) is 0 Å². The fourth-order valence-corrected chi connectivity index (χ4v) is 4.81. The molecule has 7 nitrogen and oxygen atoms in total. The highest BCUT2D eigenvalue weighted by Gasteiger charge is 2.33. The Morgan fingerprint density at radius 3 is 2.33 bits per heavy atom. The molecular weight excluding hydrogens is 532 g/mol. The van der Waals surface area contributed by atoms with Crippen LogP contribution >= 0.6 is 0 Å². The number of hydrogen-bond donors (Lipinski definition) is 0. The monoisotopic (exact) mass is 574 g/mol. The second-order valence-corrected chi connectivity index (χ2v) is 11.1. The minimum absolute atomic E-state index is 0.0543. The van der Waals surface area contributed by atoms with E-state index < -0.39 is 5.97 Å². The third kappa shape index (κ3) is 9.16. The first-order valence-electron chi connectivity index (χ1n) is 14.8. The van der Waals surface area contributed by atoms with Crippen LogP contribution in [0, 0.1) is 5.41 Å². The zero-order valence-electron chi connectivity index (χ0n) is 24.8. The summed E-state index contributed by atoms with van der Waals surface area (Å²) in [5.41, 5.74) is 4.21. The van der Waals surface area contributed by atoms with Crippen LogP contribution in [0.3, 0.4) is 0 Å². The van der Waals surface area contributed by atoms with Crippen LogP contribution in [0.25, 0.3) is 11.1 Å². The fourth-order valence-electron chi connectivity index (χ4n) is 4.81. The van der Waals surface area contributed by atoms with E-state index in [-0.39, 0.29) is 11.2 Å². The van der Waals surface area contributed by atoms with Gasteiger partial charge in [0.05, 0.1) is 33.0 Å². The van der Waals surface area contributed by atoms with E-state index in [0.717, 1.165) is 99.0 Å². The molecule has 0 aromatic heterocycles. The van der Waals surface area contributed by atoms with E-state index in [0.29, 0.717) is 24.7 Å². The van der Waals surface area contributed by atoms with Crippen LogP contribution in [-0.4, -0.2) is 51.4 Å². The SMILES string of the molecule is C=CC(=O)Oc1cc(-c2ccc(OCCCC3=CC(=O)C=C3)c(CC)c2)ccc1OCCCCCOCC1(C)COC1. The van der Waals surface area contributed by atoms with Gasteiger partial charge in [0.2, 0.25) is 0 Å². The van der Waals surface area contributed by atoms with Gasteiger partial charge in [-0.05, 0) is 97.2 Å². The number of benzene rings is 2. The number of rotatable bonds is 18. The zero-order chi connectivity index (χ0) is 29.8. The highest BCUT2D eigenvalue weighted by atomic mass is 16.6. The maximum absolute atomic E-state index is 12.1. The fraction of sp³-hybridized carbons (Fsp3) is 0.429. The molecule has 4 rings (SSSR count). The molecule has 1 heterocycles. The second kappa shape index (κ2) is 15.5. The van der Waals surface area contributed by atoms with E-state index >= 15 is 0 Å². The van der Waals surface area contributed by atoms with Gasteiger partial charge in [-0.3, -0.25) is 4.79 Å². The molecule has 0 radical (unpaired) electrons. The van der Waals surface area contributed by atoms with Crippen molar-refractivity contribution in [3.05, 3.63) is 78.4 Å². The van der Waals surface area contributed by atoms with Crippen molar-refractivity contribution >= 4 is 11.8 Å². The first-order chi connectivity index (χ1) is 20.4. The standard InChI is InChI=1S/C35H42O7/c1-4-27-21-28(12-15-31(27)40-19-9-10-26-11-14-30(36)20-26)29-13-16-32(33(22-29)42-34(37)5-2)41-18-8-6-7-17-38-23-35(3)24-39-25-35/h5,11-16,20-22H,2,4,6-10,17-19,23-25H2,1,3H3. The molecule has 0 bridgehead atoms. The number of hydrogen-bond acceptors (Lipinski definition) is 7. The quantitative estimate of drug-likeness (QED) is 0.0835. The lowest BCUT2D eigenvalue weighted by Crippen LogP contribution is -2.43. The molecule has 1 aliphatic heterocycles. The number of allylic oxidation sites excluding steroid dienone is 4. The molecule has 1 saturated heterocycles. The molecule has 7 heteroatoms. The number of unbranched alkanes of at least 4 members (excludes halogenated alkanes) is 2. The Kier molecular flexibility index (Phi) is 11.6. The summed E-state index contributed by atoms with van der Waals surface area (Å²) in [4.78, 5) is 23.4. The van der Waals surface area contributed by atoms with Crippen LogP contribution in [0.2, 0.25) is 0 Å². The second-order valence-electron chi connectivity index (χ2n) is 11.1. The van der Waals surface area contributed by atoms with Gasteiger partial charge in [-0.1, -0.05) is 38.6 Å². The summed E-state index contributed by atoms with van der Waals surface area (Å²) in [6, 6.07) is 11.7. The maximum Gasteiger partial charge on any atom is 0.335 e. The first kappa shape index (κ1) is 31.3. The molecule has 0 saturated carbocycles. The summed E-state index contributed by atoms with van der Waals surface area (Å²) in [5, 5.41) is 0. The van der Waals surface area contributed by atoms with Crippen molar-refractivity contribution in [1.82, 2.24) is 0 Å². The zero-order valence-corrected chi connectivity index (χ0v) is 24.8. The molecule has 0 amide bonds. The molecule has 0 atom stereocenters. The van der Waals surface area contributed by atoms with Crippen LogP contribution < -0.4 is 14.2 Å². The molecule has 0 spiro atoms. The average Bonchev–Trinajstić information content (AvgIpc) is 3.40. The Balaban J connectivity index is 1.30. The smallest absolute Gasteiger partial charge is 0.335 e. The van der Waals surface area contributed by atoms with Gasteiger partial charge in [-0.2, -0.15) is 0 Å². The molecule has 0 N–H and O–H groups in total. The van der Waals surface area contributed by atoms with Crippen molar-refractivity contribution in [2.75, 3.05) is 39.6 Å². The lowest BCUT2D eigenvalue weighted by Gasteiger charge is -2.37. The molecule has 1 aliphatic carbocycles. The Morgan fingerprint density at radius 1 is 0.929 bits per heavy atom. The van der Waals surface area contributed by atoms with Crippen LogP contribution in [0.5, 0.6) is 17.2 Å². The van der Waals surface area contributed by atoms with Gasteiger partial charge in [-0.25, -0.2) is 4.79 Å². The molecule has 42 heavy (non-hydrogen) atoms. The van der Waals surface area contributed by atoms with E-state index in [9.17, 15) is 9.59 Å². The van der Waals surface area contributed by atoms with Gasteiger partial charge < -0.3 is 23.7 Å². The topological polar surface area (TPSA) is 80.3 Å². The number of aryl methyl sites for hydroxylation is 1. The molecule has 2 aliphatic rings. The van der Waals surface area contributed by atoms with Crippen molar-refractivity contribution in [1.29, 1.82) is 0 Å². The summed E-state index contributed by atoms with van der Waals surface area (Å²) >= 11 is 0. The Bertz CT molecular complexity index is 1300. The summed E-state index contributed by atoms with van der Waals surface area (Å²) in [7, 11) is 0. The van der Waals surface area contributed by atoms with Gasteiger partial charge in [0.15, 0.2) is 17.3 Å². The van der Waals surface area contributed by atoms with Crippen LogP contribution in [0.4, 0.5) is 0 Å². The van der Waals surface area contributed by atoms with E-state index in [1.165, 1.54) is 0 Å². The number of ketones is 1. The highest BCUT2D eigenvalue weighted by Crippen LogP contribution is 2.35. The predicted molar refractivity (Wildman–Crippen MR) is 163 cm³/mol. The van der Waals surface area contributed by atoms with E-state index in [4.69, 9.17) is 23.7 Å². The van der Waals surface area contributed by atoms with Gasteiger partial charge >= 0.3 is 5.97 Å². The largest absolute Gasteiger partial charge is 0.493 e. The van der Waals surface area contributed by atoms with E-state index in [1.807, 2.05) is 36.4 Å². The highest BCUT2D eigenvalue weighted by molar-refractivity contribution is 6.03. The van der Waals surface area contributed by atoms with Gasteiger partial charge in [0.1, 0.15) is 5.75 Å². The summed E-state index contributed by atoms with van der Waals surface area (Å²) in [6.07, 6.45) is 11.6. The molecule has 2 aromatic carbocycles. The Morgan fingerprint density at radius 2 is 1.64 bits per heavy atom. The minimum atomic E-state index is -0.536. The molecule has 0 unspecified atom stereocenters. The summed E-state index contributed by atoms with van der Waals surface area (Å²) in [5.74, 6) is 1.25. The first-order valence-corrected chi connectivity index (χ1v) is 14.8. The van der Waals surface area contributed by atoms with Gasteiger partial charge in [-0.15, -0.1) is 0 Å². The number of esters is 1. The molecule has 2 aromatic rings. The summed E-state index contributed by atoms with van der Waals surface area (Å²) < 4.78 is 28.7. The van der Waals surface area contributed by atoms with E-state index in [1.54, 1.807) is 12.2 Å². The van der Waals surface area contributed by atoms with Crippen LogP contribution in [0.15, 0.2) is 72.9 Å². The third-order valence-corrected chi connectivity index (χ3v) is 7.29. The Hall–Kier alpha value is -3.68. The molecule has 1 fully saturated rings. The van der Waals surface area contributed by atoms with Crippen molar-refractivity contribution in [2.24, 2.45) is 5.41 Å². The van der Waals surface area contributed by atoms with Crippen molar-refractivity contribution in [3.63, 3.8) is 0 Å². The lowest BCUT2D eigenvalue weighted by molar-refractivity contribution is -0.137. The van der Waals surface area contributed by atoms with Crippen molar-refractivity contribution < 1.29 is 33.3 Å². The van der Waals surface area contributed by atoms with Gasteiger partial charge in [0, 0.05) is 18.1 Å². The normalized spacial score (nSPS) is 15.2. The minimum Gasteiger partial charge on any atom is -0.493 e. The van der Waals surface area contributed by atoms with Crippen molar-refractivity contribution in [2.45, 2.75) is 52.4 Å². The Labute approximate surface area is 249 Å². The average molecular weight is 575 g/mol. The maximum atomic E-state index is 12.1. The third-order valence-electron chi connectivity index (χ3n) is 7.29. The van der Waals surface area contributed by atoms with Crippen molar-refractivity contribution in [3.8, 4) is 28.4 Å². The number of carbonyl (C=O) groups excluding carboxylic acids is 2. The molecule has 224 valence electrons. The lowest BCUT2D eigenvalue weighted by atomic mass is 9.90. The number of ether oxygens (including phenoxy) is 5. The number of carbonyl (C=O) groups is 2. The van der Waals surface area contributed by atoms with Crippen LogP contribution in [0.1, 0.15) is 51.5 Å². The molecular formula is C35H42O7. The van der Waals surface area contributed by atoms with E-state index in [2.05, 4.69) is 26.5 Å². The predicted octanol–water partition coefficient (Wildman–Crippen LogP) is 6.83. The summed E-state index contributed by atoms with van der Waals surface area (Å²) in [6.45, 7) is 11.9.